The molecule has 0 amide bonds. The molecule has 55 valence electrons. The Kier molecular flexibility index (Phi) is 3.00. The number of unbranched alkanes of at least 4 members (excludes halogenated alkanes) is 2. The highest BCUT2D eigenvalue weighted by Crippen LogP contribution is 2.02. The summed E-state index contributed by atoms with van der Waals surface area (Å²) in [5.74, 6) is 0.994. The van der Waals surface area contributed by atoms with E-state index in [1.54, 1.807) is 12.4 Å². The second-order valence-corrected chi connectivity index (χ2v) is 2.43. The molecular formula is C8H13N2. The van der Waals surface area contributed by atoms with Gasteiger partial charge in [-0.2, -0.15) is 0 Å². The van der Waals surface area contributed by atoms with E-state index in [2.05, 4.69) is 17.2 Å². The molecule has 0 N–H and O–H groups in total. The lowest BCUT2D eigenvalue weighted by Crippen LogP contribution is -2.05. The summed E-state index contributed by atoms with van der Waals surface area (Å²) in [6.45, 7) is 2.20. The Morgan fingerprint density at radius 1 is 1.30 bits per heavy atom. The fourth-order valence-electron chi connectivity index (χ4n) is 0.934. The largest absolute Gasteiger partial charge is 0.240 e. The van der Waals surface area contributed by atoms with Crippen LogP contribution in [0.4, 0.5) is 0 Å². The highest BCUT2D eigenvalue weighted by Gasteiger charge is 2.00. The number of nitrogens with zero attached hydrogens (tertiary/aromatic N) is 2. The van der Waals surface area contributed by atoms with Crippen LogP contribution in [0.2, 0.25) is 0 Å². The maximum atomic E-state index is 4.08. The van der Waals surface area contributed by atoms with Gasteiger partial charge in [0.05, 0.1) is 0 Å². The number of hydrogen-bond donors (Lipinski definition) is 0. The molecule has 1 radical (unpaired) electrons. The summed E-state index contributed by atoms with van der Waals surface area (Å²) in [5.41, 5.74) is 0. The monoisotopic (exact) mass is 137 g/mol. The summed E-state index contributed by atoms with van der Waals surface area (Å²) in [6.07, 6.45) is 8.32. The fraction of sp³-hybridized carbons (Fsp3) is 0.625. The first-order valence-electron chi connectivity index (χ1n) is 3.86. The first kappa shape index (κ1) is 7.32. The molecule has 0 atom stereocenters. The summed E-state index contributed by atoms with van der Waals surface area (Å²) in [6, 6.07) is 0. The van der Waals surface area contributed by atoms with Gasteiger partial charge in [0.15, 0.2) is 0 Å². The third-order valence-electron chi connectivity index (χ3n) is 1.52. The molecule has 0 spiro atoms. The zero-order valence-corrected chi connectivity index (χ0v) is 6.38. The molecule has 0 unspecified atom stereocenters. The van der Waals surface area contributed by atoms with Crippen LogP contribution in [0.5, 0.6) is 0 Å². The zero-order valence-electron chi connectivity index (χ0n) is 6.38. The van der Waals surface area contributed by atoms with Gasteiger partial charge in [-0.3, -0.25) is 0 Å². The molecule has 0 aliphatic carbocycles. The highest BCUT2D eigenvalue weighted by molar-refractivity contribution is 5.84. The predicted octanol–water partition coefficient (Wildman–Crippen LogP) is 2.05. The minimum Gasteiger partial charge on any atom is -0.240 e. The number of aliphatic imine (C=N–C) groups is 1. The molecule has 2 nitrogen and oxygen atoms in total. The van der Waals surface area contributed by atoms with Crippen LogP contribution in [0, 0.1) is 0 Å². The molecule has 1 heterocycles. The Hall–Kier alpha value is -0.790. The van der Waals surface area contributed by atoms with E-state index in [0.29, 0.717) is 0 Å². The van der Waals surface area contributed by atoms with E-state index in [0.717, 1.165) is 12.3 Å². The SMILES string of the molecule is CCCCCC1=NC=C[N]1. The van der Waals surface area contributed by atoms with Crippen molar-refractivity contribution < 1.29 is 0 Å². The van der Waals surface area contributed by atoms with E-state index >= 15 is 0 Å². The average molecular weight is 137 g/mol. The minimum atomic E-state index is 0.994. The van der Waals surface area contributed by atoms with Crippen LogP contribution in [0.25, 0.3) is 0 Å². The maximum Gasteiger partial charge on any atom is 0.128 e. The minimum absolute atomic E-state index is 0.994. The van der Waals surface area contributed by atoms with Gasteiger partial charge >= 0.3 is 0 Å². The van der Waals surface area contributed by atoms with E-state index in [1.165, 1.54) is 19.3 Å². The van der Waals surface area contributed by atoms with Gasteiger partial charge in [-0.1, -0.05) is 19.8 Å². The predicted molar refractivity (Wildman–Crippen MR) is 42.9 cm³/mol. The molecular weight excluding hydrogens is 124 g/mol. The van der Waals surface area contributed by atoms with Crippen molar-refractivity contribution >= 4 is 5.84 Å². The third-order valence-corrected chi connectivity index (χ3v) is 1.52. The molecule has 1 aliphatic heterocycles. The zero-order chi connectivity index (χ0) is 7.23. The topological polar surface area (TPSA) is 26.5 Å². The summed E-state index contributed by atoms with van der Waals surface area (Å²) in [4.78, 5) is 4.08. The normalized spacial score (nSPS) is 15.1. The molecule has 1 rings (SSSR count). The maximum absolute atomic E-state index is 4.08. The lowest BCUT2D eigenvalue weighted by molar-refractivity contribution is 0.737. The van der Waals surface area contributed by atoms with E-state index in [1.807, 2.05) is 0 Å². The standard InChI is InChI=1S/C8H13N2/c1-2-3-4-5-8-9-6-7-10-8/h6-7H,2-5H2,1H3. The molecule has 10 heavy (non-hydrogen) atoms. The Morgan fingerprint density at radius 3 is 2.80 bits per heavy atom. The van der Waals surface area contributed by atoms with Gasteiger partial charge in [-0.05, 0) is 6.42 Å². The van der Waals surface area contributed by atoms with Crippen molar-refractivity contribution in [3.8, 4) is 0 Å². The smallest absolute Gasteiger partial charge is 0.128 e. The third kappa shape index (κ3) is 2.21. The molecule has 0 aromatic carbocycles. The Balaban J connectivity index is 2.04. The van der Waals surface area contributed by atoms with E-state index in [-0.39, 0.29) is 0 Å². The van der Waals surface area contributed by atoms with Gasteiger partial charge in [0, 0.05) is 18.8 Å². The number of amidine groups is 1. The molecule has 0 aromatic heterocycles. The van der Waals surface area contributed by atoms with Crippen LogP contribution in [0.15, 0.2) is 17.4 Å². The average Bonchev–Trinajstić information content (AvgIpc) is 2.41. The molecule has 1 aliphatic rings. The summed E-state index contributed by atoms with van der Waals surface area (Å²) >= 11 is 0. The van der Waals surface area contributed by atoms with Gasteiger partial charge in [0.2, 0.25) is 0 Å². The van der Waals surface area contributed by atoms with Gasteiger partial charge in [-0.15, -0.1) is 0 Å². The van der Waals surface area contributed by atoms with Crippen LogP contribution in [0.3, 0.4) is 0 Å². The number of rotatable bonds is 4. The lowest BCUT2D eigenvalue weighted by atomic mass is 10.2. The van der Waals surface area contributed by atoms with Crippen molar-refractivity contribution in [3.63, 3.8) is 0 Å². The van der Waals surface area contributed by atoms with Crippen LogP contribution in [0.1, 0.15) is 32.6 Å². The molecule has 0 bridgehead atoms. The van der Waals surface area contributed by atoms with Crippen LogP contribution in [-0.2, 0) is 0 Å². The van der Waals surface area contributed by atoms with Crippen molar-refractivity contribution in [2.24, 2.45) is 4.99 Å². The Labute approximate surface area is 62.0 Å². The Morgan fingerprint density at radius 2 is 2.20 bits per heavy atom. The van der Waals surface area contributed by atoms with Crippen molar-refractivity contribution in [1.29, 1.82) is 0 Å². The van der Waals surface area contributed by atoms with Crippen molar-refractivity contribution in [1.82, 2.24) is 5.32 Å². The second-order valence-electron chi connectivity index (χ2n) is 2.43. The van der Waals surface area contributed by atoms with Crippen LogP contribution < -0.4 is 5.32 Å². The van der Waals surface area contributed by atoms with E-state index in [4.69, 9.17) is 0 Å². The second kappa shape index (κ2) is 4.09. The fourth-order valence-corrected chi connectivity index (χ4v) is 0.934. The molecule has 0 aromatic rings. The van der Waals surface area contributed by atoms with Gasteiger partial charge in [0.25, 0.3) is 0 Å². The van der Waals surface area contributed by atoms with Gasteiger partial charge in [-0.25, -0.2) is 10.3 Å². The summed E-state index contributed by atoms with van der Waals surface area (Å²) in [7, 11) is 0. The number of hydrogen-bond acceptors (Lipinski definition) is 1. The molecule has 2 heteroatoms. The van der Waals surface area contributed by atoms with Crippen molar-refractivity contribution in [2.75, 3.05) is 0 Å². The van der Waals surface area contributed by atoms with Gasteiger partial charge in [0.1, 0.15) is 5.84 Å². The first-order chi connectivity index (χ1) is 4.93. The first-order valence-corrected chi connectivity index (χ1v) is 3.86. The molecule has 0 fully saturated rings. The van der Waals surface area contributed by atoms with Crippen molar-refractivity contribution in [2.45, 2.75) is 32.6 Å². The van der Waals surface area contributed by atoms with E-state index in [9.17, 15) is 0 Å². The van der Waals surface area contributed by atoms with Crippen LogP contribution >= 0.6 is 0 Å². The lowest BCUT2D eigenvalue weighted by Gasteiger charge is -1.96. The van der Waals surface area contributed by atoms with Gasteiger partial charge < -0.3 is 0 Å². The quantitative estimate of drug-likeness (QED) is 0.530. The van der Waals surface area contributed by atoms with Crippen molar-refractivity contribution in [3.05, 3.63) is 12.4 Å². The summed E-state index contributed by atoms with van der Waals surface area (Å²) < 4.78 is 0. The molecule has 0 saturated carbocycles. The summed E-state index contributed by atoms with van der Waals surface area (Å²) in [5, 5.41) is 4.08. The Bertz CT molecular complexity index is 147. The molecule has 0 saturated heterocycles. The highest BCUT2D eigenvalue weighted by atomic mass is 15.0. The van der Waals surface area contributed by atoms with E-state index < -0.39 is 0 Å². The van der Waals surface area contributed by atoms with Crippen LogP contribution in [-0.4, -0.2) is 5.84 Å².